The first-order chi connectivity index (χ1) is 14.6. The van der Waals surface area contributed by atoms with Crippen LogP contribution in [0.4, 0.5) is 0 Å². The summed E-state index contributed by atoms with van der Waals surface area (Å²) in [5.74, 6) is 1.10. The minimum absolute atomic E-state index is 0.0968. The third-order valence-electron chi connectivity index (χ3n) is 5.09. The Morgan fingerprint density at radius 3 is 2.13 bits per heavy atom. The normalized spacial score (nSPS) is 11.8. The SMILES string of the molecule is Cc1ccc([C@@H](NC(=O)Cc2nc(-c3ccccc3)oc2C)c2ccccc2)cc1. The van der Waals surface area contributed by atoms with Crippen LogP contribution in [0.3, 0.4) is 0 Å². The molecule has 0 fully saturated rings. The Morgan fingerprint density at radius 2 is 1.47 bits per heavy atom. The zero-order chi connectivity index (χ0) is 20.9. The van der Waals surface area contributed by atoms with Crippen LogP contribution in [0, 0.1) is 13.8 Å². The van der Waals surface area contributed by atoms with Crippen LogP contribution in [-0.2, 0) is 11.2 Å². The summed E-state index contributed by atoms with van der Waals surface area (Å²) in [6.45, 7) is 3.90. The van der Waals surface area contributed by atoms with Crippen molar-refractivity contribution >= 4 is 5.91 Å². The highest BCUT2D eigenvalue weighted by atomic mass is 16.4. The van der Waals surface area contributed by atoms with Gasteiger partial charge in [0.15, 0.2) is 0 Å². The molecule has 4 nitrogen and oxygen atoms in total. The molecule has 0 aliphatic rings. The molecule has 4 heteroatoms. The molecule has 0 aliphatic carbocycles. The van der Waals surface area contributed by atoms with Crippen LogP contribution in [0.25, 0.3) is 11.5 Å². The number of oxazole rings is 1. The Kier molecular flexibility index (Phi) is 5.75. The summed E-state index contributed by atoms with van der Waals surface area (Å²) in [5, 5.41) is 3.17. The molecule has 4 rings (SSSR count). The Morgan fingerprint density at radius 1 is 0.867 bits per heavy atom. The summed E-state index contributed by atoms with van der Waals surface area (Å²) in [4.78, 5) is 17.5. The van der Waals surface area contributed by atoms with Crippen molar-refractivity contribution in [1.82, 2.24) is 10.3 Å². The second-order valence-corrected chi connectivity index (χ2v) is 7.39. The third kappa shape index (κ3) is 4.49. The molecule has 1 amide bonds. The molecule has 0 aliphatic heterocycles. The van der Waals surface area contributed by atoms with E-state index in [1.807, 2.05) is 67.6 Å². The minimum Gasteiger partial charge on any atom is -0.441 e. The Labute approximate surface area is 176 Å². The topological polar surface area (TPSA) is 55.1 Å². The average molecular weight is 396 g/mol. The maximum Gasteiger partial charge on any atom is 0.226 e. The van der Waals surface area contributed by atoms with Gasteiger partial charge in [-0.1, -0.05) is 78.4 Å². The molecule has 0 unspecified atom stereocenters. The van der Waals surface area contributed by atoms with E-state index in [1.54, 1.807) is 0 Å². The number of carbonyl (C=O) groups is 1. The van der Waals surface area contributed by atoms with Gasteiger partial charge < -0.3 is 9.73 Å². The number of benzene rings is 3. The number of nitrogens with zero attached hydrogens (tertiary/aromatic N) is 1. The number of nitrogens with one attached hydrogen (secondary N) is 1. The molecule has 0 radical (unpaired) electrons. The van der Waals surface area contributed by atoms with Crippen molar-refractivity contribution in [2.75, 3.05) is 0 Å². The van der Waals surface area contributed by atoms with Crippen LogP contribution in [0.1, 0.15) is 34.2 Å². The summed E-state index contributed by atoms with van der Waals surface area (Å²) in [6.07, 6.45) is 0.164. The van der Waals surface area contributed by atoms with E-state index in [-0.39, 0.29) is 18.4 Å². The predicted molar refractivity (Wildman–Crippen MR) is 118 cm³/mol. The molecule has 3 aromatic carbocycles. The Hall–Kier alpha value is -3.66. The summed E-state index contributed by atoms with van der Waals surface area (Å²) in [5.41, 5.74) is 4.82. The van der Waals surface area contributed by atoms with E-state index in [0.717, 1.165) is 16.7 Å². The summed E-state index contributed by atoms with van der Waals surface area (Å²) >= 11 is 0. The standard InChI is InChI=1S/C26H24N2O2/c1-18-13-15-21(16-14-18)25(20-9-5-3-6-10-20)28-24(29)17-23-19(2)30-26(27-23)22-11-7-4-8-12-22/h3-16,25H,17H2,1-2H3,(H,28,29)/t25-/m0/s1. The zero-order valence-electron chi connectivity index (χ0n) is 17.1. The van der Waals surface area contributed by atoms with E-state index in [1.165, 1.54) is 5.56 Å². The zero-order valence-corrected chi connectivity index (χ0v) is 17.1. The summed E-state index contributed by atoms with van der Waals surface area (Å²) < 4.78 is 5.80. The quantitative estimate of drug-likeness (QED) is 0.474. The lowest BCUT2D eigenvalue weighted by atomic mass is 9.97. The van der Waals surface area contributed by atoms with Crippen molar-refractivity contribution in [1.29, 1.82) is 0 Å². The number of hydrogen-bond donors (Lipinski definition) is 1. The first-order valence-electron chi connectivity index (χ1n) is 10.0. The van der Waals surface area contributed by atoms with Crippen LogP contribution in [0.5, 0.6) is 0 Å². The minimum atomic E-state index is -0.222. The van der Waals surface area contributed by atoms with Gasteiger partial charge in [-0.2, -0.15) is 0 Å². The number of carbonyl (C=O) groups excluding carboxylic acids is 1. The van der Waals surface area contributed by atoms with Crippen molar-refractivity contribution in [3.8, 4) is 11.5 Å². The maximum absolute atomic E-state index is 12.9. The van der Waals surface area contributed by atoms with Crippen molar-refractivity contribution in [2.24, 2.45) is 0 Å². The van der Waals surface area contributed by atoms with Gasteiger partial charge in [-0.05, 0) is 37.1 Å². The molecule has 30 heavy (non-hydrogen) atoms. The fourth-order valence-electron chi connectivity index (χ4n) is 3.42. The molecule has 1 N–H and O–H groups in total. The van der Waals surface area contributed by atoms with Gasteiger partial charge in [-0.3, -0.25) is 4.79 Å². The Balaban J connectivity index is 1.55. The summed E-state index contributed by atoms with van der Waals surface area (Å²) in [6, 6.07) is 27.7. The number of aromatic nitrogens is 1. The van der Waals surface area contributed by atoms with Gasteiger partial charge in [-0.15, -0.1) is 0 Å². The van der Waals surface area contributed by atoms with E-state index < -0.39 is 0 Å². The Bertz CT molecular complexity index is 1120. The molecule has 0 bridgehead atoms. The van der Waals surface area contributed by atoms with Gasteiger partial charge in [-0.25, -0.2) is 4.98 Å². The van der Waals surface area contributed by atoms with Gasteiger partial charge in [0.05, 0.1) is 18.2 Å². The smallest absolute Gasteiger partial charge is 0.226 e. The van der Waals surface area contributed by atoms with Gasteiger partial charge in [0, 0.05) is 5.56 Å². The first kappa shape index (κ1) is 19.6. The second kappa shape index (κ2) is 8.78. The van der Waals surface area contributed by atoms with Crippen LogP contribution >= 0.6 is 0 Å². The van der Waals surface area contributed by atoms with Gasteiger partial charge >= 0.3 is 0 Å². The molecular formula is C26H24N2O2. The van der Waals surface area contributed by atoms with E-state index >= 15 is 0 Å². The van der Waals surface area contributed by atoms with E-state index in [0.29, 0.717) is 17.3 Å². The monoisotopic (exact) mass is 396 g/mol. The van der Waals surface area contributed by atoms with Crippen molar-refractivity contribution in [3.05, 3.63) is 113 Å². The van der Waals surface area contributed by atoms with Crippen molar-refractivity contribution < 1.29 is 9.21 Å². The highest BCUT2D eigenvalue weighted by Gasteiger charge is 2.20. The second-order valence-electron chi connectivity index (χ2n) is 7.39. The lowest BCUT2D eigenvalue weighted by Crippen LogP contribution is -2.30. The number of amides is 1. The van der Waals surface area contributed by atoms with Crippen LogP contribution < -0.4 is 5.32 Å². The number of rotatable bonds is 6. The molecule has 0 saturated heterocycles. The first-order valence-corrected chi connectivity index (χ1v) is 10.0. The van der Waals surface area contributed by atoms with Gasteiger partial charge in [0.2, 0.25) is 11.8 Å². The van der Waals surface area contributed by atoms with E-state index in [2.05, 4.69) is 41.5 Å². The van der Waals surface area contributed by atoms with Crippen molar-refractivity contribution in [2.45, 2.75) is 26.3 Å². The van der Waals surface area contributed by atoms with Gasteiger partial charge in [0.1, 0.15) is 5.76 Å². The molecule has 150 valence electrons. The molecule has 1 aromatic heterocycles. The number of hydrogen-bond acceptors (Lipinski definition) is 3. The molecule has 1 heterocycles. The molecule has 4 aromatic rings. The predicted octanol–water partition coefficient (Wildman–Crippen LogP) is 5.41. The molecule has 0 spiro atoms. The molecule has 0 saturated carbocycles. The fourth-order valence-corrected chi connectivity index (χ4v) is 3.42. The molecular weight excluding hydrogens is 372 g/mol. The van der Waals surface area contributed by atoms with E-state index in [9.17, 15) is 4.79 Å². The fraction of sp³-hybridized carbons (Fsp3) is 0.154. The third-order valence-corrected chi connectivity index (χ3v) is 5.09. The lowest BCUT2D eigenvalue weighted by Gasteiger charge is -2.20. The largest absolute Gasteiger partial charge is 0.441 e. The van der Waals surface area contributed by atoms with Crippen molar-refractivity contribution in [3.63, 3.8) is 0 Å². The van der Waals surface area contributed by atoms with Gasteiger partial charge in [0.25, 0.3) is 0 Å². The molecule has 1 atom stereocenters. The van der Waals surface area contributed by atoms with Crippen LogP contribution in [0.2, 0.25) is 0 Å². The highest BCUT2D eigenvalue weighted by molar-refractivity contribution is 5.79. The highest BCUT2D eigenvalue weighted by Crippen LogP contribution is 2.24. The lowest BCUT2D eigenvalue weighted by molar-refractivity contribution is -0.121. The average Bonchev–Trinajstić information content (AvgIpc) is 3.14. The van der Waals surface area contributed by atoms with Crippen LogP contribution in [0.15, 0.2) is 89.3 Å². The maximum atomic E-state index is 12.9. The van der Waals surface area contributed by atoms with Crippen LogP contribution in [-0.4, -0.2) is 10.9 Å². The van der Waals surface area contributed by atoms with E-state index in [4.69, 9.17) is 4.42 Å². The summed E-state index contributed by atoms with van der Waals surface area (Å²) in [7, 11) is 0. The number of aryl methyl sites for hydroxylation is 2.